The third-order valence-electron chi connectivity index (χ3n) is 4.67. The summed E-state index contributed by atoms with van der Waals surface area (Å²) in [4.78, 5) is 0. The molecule has 1 saturated heterocycles. The summed E-state index contributed by atoms with van der Waals surface area (Å²) in [5.41, 5.74) is 2.49. The van der Waals surface area contributed by atoms with Crippen molar-refractivity contribution >= 4 is 0 Å². The van der Waals surface area contributed by atoms with Crippen LogP contribution in [0.1, 0.15) is 57.8 Å². The summed E-state index contributed by atoms with van der Waals surface area (Å²) in [7, 11) is 0. The van der Waals surface area contributed by atoms with Crippen LogP contribution in [0.2, 0.25) is 0 Å². The van der Waals surface area contributed by atoms with Gasteiger partial charge in [-0.3, -0.25) is 0 Å². The van der Waals surface area contributed by atoms with Gasteiger partial charge in [-0.15, -0.1) is 0 Å². The Morgan fingerprint density at radius 1 is 1.32 bits per heavy atom. The third kappa shape index (κ3) is 3.01. The molecule has 0 bridgehead atoms. The highest BCUT2D eigenvalue weighted by Gasteiger charge is 2.31. The van der Waals surface area contributed by atoms with Crippen LogP contribution in [0, 0.1) is 5.92 Å². The standard InChI is InChI=1S/C17H26O2/c1-5-17(3,4)14-8-6-13(7-9-14)15(18)16-12(2)10-11-19-16/h6-9,12,15-16,18H,5,10-11H2,1-4H3. The molecule has 1 aliphatic heterocycles. The molecule has 2 rings (SSSR count). The summed E-state index contributed by atoms with van der Waals surface area (Å²) < 4.78 is 5.65. The fraction of sp³-hybridized carbons (Fsp3) is 0.647. The lowest BCUT2D eigenvalue weighted by atomic mass is 9.81. The van der Waals surface area contributed by atoms with Crippen molar-refractivity contribution in [2.45, 2.75) is 58.2 Å². The average molecular weight is 262 g/mol. The van der Waals surface area contributed by atoms with Gasteiger partial charge < -0.3 is 9.84 Å². The zero-order valence-corrected chi connectivity index (χ0v) is 12.5. The number of hydrogen-bond acceptors (Lipinski definition) is 2. The highest BCUT2D eigenvalue weighted by Crippen LogP contribution is 2.33. The first-order valence-corrected chi connectivity index (χ1v) is 7.36. The second-order valence-corrected chi connectivity index (χ2v) is 6.41. The average Bonchev–Trinajstić information content (AvgIpc) is 2.84. The van der Waals surface area contributed by atoms with Crippen molar-refractivity contribution in [1.29, 1.82) is 0 Å². The summed E-state index contributed by atoms with van der Waals surface area (Å²) in [6.45, 7) is 9.62. The van der Waals surface area contributed by atoms with Gasteiger partial charge in [0.2, 0.25) is 0 Å². The second kappa shape index (κ2) is 5.64. The van der Waals surface area contributed by atoms with E-state index in [4.69, 9.17) is 4.74 Å². The number of aliphatic hydroxyl groups is 1. The molecule has 3 unspecified atom stereocenters. The van der Waals surface area contributed by atoms with E-state index in [2.05, 4.69) is 39.8 Å². The largest absolute Gasteiger partial charge is 0.386 e. The lowest BCUT2D eigenvalue weighted by Crippen LogP contribution is -2.23. The fourth-order valence-corrected chi connectivity index (χ4v) is 2.65. The van der Waals surface area contributed by atoms with E-state index in [9.17, 15) is 5.11 Å². The van der Waals surface area contributed by atoms with Crippen molar-refractivity contribution in [3.63, 3.8) is 0 Å². The lowest BCUT2D eigenvalue weighted by molar-refractivity contribution is -0.0178. The maximum Gasteiger partial charge on any atom is 0.105 e. The van der Waals surface area contributed by atoms with E-state index in [1.165, 1.54) is 5.56 Å². The first-order chi connectivity index (χ1) is 8.95. The van der Waals surface area contributed by atoms with E-state index in [-0.39, 0.29) is 11.5 Å². The smallest absolute Gasteiger partial charge is 0.105 e. The van der Waals surface area contributed by atoms with Crippen molar-refractivity contribution in [2.24, 2.45) is 5.92 Å². The Kier molecular flexibility index (Phi) is 4.32. The molecule has 1 heterocycles. The number of hydrogen-bond donors (Lipinski definition) is 1. The van der Waals surface area contributed by atoms with E-state index in [0.29, 0.717) is 5.92 Å². The molecule has 0 spiro atoms. The number of rotatable bonds is 4. The maximum absolute atomic E-state index is 10.4. The number of ether oxygens (including phenoxy) is 1. The first kappa shape index (κ1) is 14.5. The molecular formula is C17H26O2. The van der Waals surface area contributed by atoms with E-state index in [0.717, 1.165) is 25.0 Å². The Morgan fingerprint density at radius 2 is 1.95 bits per heavy atom. The van der Waals surface area contributed by atoms with Crippen LogP contribution in [0.4, 0.5) is 0 Å². The van der Waals surface area contributed by atoms with Gasteiger partial charge in [0.1, 0.15) is 6.10 Å². The Hall–Kier alpha value is -0.860. The fourth-order valence-electron chi connectivity index (χ4n) is 2.65. The Bertz CT molecular complexity index is 408. The van der Waals surface area contributed by atoms with Crippen molar-refractivity contribution in [2.75, 3.05) is 6.61 Å². The van der Waals surface area contributed by atoms with Gasteiger partial charge in [0.05, 0.1) is 6.10 Å². The van der Waals surface area contributed by atoms with E-state index < -0.39 is 6.10 Å². The quantitative estimate of drug-likeness (QED) is 0.893. The minimum absolute atomic E-state index is 0.0509. The lowest BCUT2D eigenvalue weighted by Gasteiger charge is -2.25. The van der Waals surface area contributed by atoms with Crippen molar-refractivity contribution in [1.82, 2.24) is 0 Å². The molecule has 19 heavy (non-hydrogen) atoms. The van der Waals surface area contributed by atoms with Gasteiger partial charge in [0, 0.05) is 6.61 Å². The van der Waals surface area contributed by atoms with Crippen molar-refractivity contribution < 1.29 is 9.84 Å². The summed E-state index contributed by atoms with van der Waals surface area (Å²) in [5, 5.41) is 10.4. The molecule has 1 aromatic carbocycles. The Morgan fingerprint density at radius 3 is 2.42 bits per heavy atom. The van der Waals surface area contributed by atoms with Crippen LogP contribution < -0.4 is 0 Å². The number of benzene rings is 1. The van der Waals surface area contributed by atoms with Gasteiger partial charge in [-0.05, 0) is 35.3 Å². The molecule has 2 nitrogen and oxygen atoms in total. The monoisotopic (exact) mass is 262 g/mol. The minimum atomic E-state index is -0.503. The van der Waals surface area contributed by atoms with Crippen LogP contribution in [0.25, 0.3) is 0 Å². The van der Waals surface area contributed by atoms with Gasteiger partial charge in [0.15, 0.2) is 0 Å². The normalized spacial score (nSPS) is 25.5. The predicted molar refractivity (Wildman–Crippen MR) is 78.2 cm³/mol. The van der Waals surface area contributed by atoms with Gasteiger partial charge >= 0.3 is 0 Å². The molecule has 0 aromatic heterocycles. The highest BCUT2D eigenvalue weighted by atomic mass is 16.5. The molecular weight excluding hydrogens is 236 g/mol. The van der Waals surface area contributed by atoms with Crippen LogP contribution >= 0.6 is 0 Å². The number of aliphatic hydroxyl groups excluding tert-OH is 1. The van der Waals surface area contributed by atoms with Gasteiger partial charge in [-0.25, -0.2) is 0 Å². The zero-order valence-electron chi connectivity index (χ0n) is 12.5. The van der Waals surface area contributed by atoms with E-state index >= 15 is 0 Å². The van der Waals surface area contributed by atoms with Crippen molar-refractivity contribution in [3.05, 3.63) is 35.4 Å². The molecule has 1 N–H and O–H groups in total. The summed E-state index contributed by atoms with van der Waals surface area (Å²) in [6.07, 6.45) is 1.60. The topological polar surface area (TPSA) is 29.5 Å². The summed E-state index contributed by atoms with van der Waals surface area (Å²) >= 11 is 0. The van der Waals surface area contributed by atoms with E-state index in [1.54, 1.807) is 0 Å². The summed E-state index contributed by atoms with van der Waals surface area (Å²) in [5.74, 6) is 0.432. The maximum atomic E-state index is 10.4. The molecule has 0 amide bonds. The molecule has 1 aliphatic rings. The van der Waals surface area contributed by atoms with Crippen LogP contribution in [-0.2, 0) is 10.2 Å². The second-order valence-electron chi connectivity index (χ2n) is 6.41. The van der Waals surface area contributed by atoms with Crippen LogP contribution in [-0.4, -0.2) is 17.8 Å². The predicted octanol–water partition coefficient (Wildman–Crippen LogP) is 3.83. The van der Waals surface area contributed by atoms with Crippen molar-refractivity contribution in [3.8, 4) is 0 Å². The molecule has 1 fully saturated rings. The molecule has 3 atom stereocenters. The molecule has 2 heteroatoms. The van der Waals surface area contributed by atoms with E-state index in [1.807, 2.05) is 12.1 Å². The zero-order chi connectivity index (χ0) is 14.0. The molecule has 0 saturated carbocycles. The van der Waals surface area contributed by atoms with Crippen LogP contribution in [0.3, 0.4) is 0 Å². The molecule has 0 radical (unpaired) electrons. The SMILES string of the molecule is CCC(C)(C)c1ccc(C(O)C2OCCC2C)cc1. The molecule has 0 aliphatic carbocycles. The highest BCUT2D eigenvalue weighted by molar-refractivity contribution is 5.29. The van der Waals surface area contributed by atoms with Crippen LogP contribution in [0.15, 0.2) is 24.3 Å². The third-order valence-corrected chi connectivity index (χ3v) is 4.67. The Labute approximate surface area is 116 Å². The first-order valence-electron chi connectivity index (χ1n) is 7.36. The van der Waals surface area contributed by atoms with Gasteiger partial charge in [0.25, 0.3) is 0 Å². The van der Waals surface area contributed by atoms with Gasteiger partial charge in [-0.2, -0.15) is 0 Å². The summed E-state index contributed by atoms with van der Waals surface area (Å²) in [6, 6.07) is 8.38. The molecule has 1 aromatic rings. The van der Waals surface area contributed by atoms with Gasteiger partial charge in [-0.1, -0.05) is 52.0 Å². The Balaban J connectivity index is 2.14. The molecule has 106 valence electrons. The van der Waals surface area contributed by atoms with Crippen LogP contribution in [0.5, 0.6) is 0 Å². The minimum Gasteiger partial charge on any atom is -0.386 e.